The first-order chi connectivity index (χ1) is 9.07. The molecule has 1 rings (SSSR count). The van der Waals surface area contributed by atoms with Crippen LogP contribution in [0.25, 0.3) is 0 Å². The smallest absolute Gasteiger partial charge is 0.203 e. The van der Waals surface area contributed by atoms with Gasteiger partial charge in [-0.25, -0.2) is 0 Å². The third-order valence-corrected chi connectivity index (χ3v) is 2.81. The summed E-state index contributed by atoms with van der Waals surface area (Å²) in [4.78, 5) is 0. The van der Waals surface area contributed by atoms with Crippen LogP contribution in [-0.4, -0.2) is 39.1 Å². The van der Waals surface area contributed by atoms with Crippen LogP contribution in [0.1, 0.15) is 25.5 Å². The van der Waals surface area contributed by atoms with Crippen molar-refractivity contribution < 1.29 is 19.3 Å². The fourth-order valence-corrected chi connectivity index (χ4v) is 1.96. The van der Waals surface area contributed by atoms with Crippen molar-refractivity contribution in [1.82, 2.24) is 5.32 Å². The maximum atomic E-state index is 9.51. The Morgan fingerprint density at radius 3 is 1.89 bits per heavy atom. The summed E-state index contributed by atoms with van der Waals surface area (Å²) in [5.74, 6) is 1.72. The summed E-state index contributed by atoms with van der Waals surface area (Å²) in [6.45, 7) is 4.05. The molecule has 1 aromatic rings. The first kappa shape index (κ1) is 15.6. The van der Waals surface area contributed by atoms with Crippen molar-refractivity contribution in [2.75, 3.05) is 27.9 Å². The van der Waals surface area contributed by atoms with E-state index in [0.717, 1.165) is 5.56 Å². The highest BCUT2D eigenvalue weighted by molar-refractivity contribution is 5.54. The van der Waals surface area contributed by atoms with Crippen molar-refractivity contribution >= 4 is 0 Å². The fraction of sp³-hybridized carbons (Fsp3) is 0.571. The van der Waals surface area contributed by atoms with Gasteiger partial charge in [-0.15, -0.1) is 0 Å². The molecule has 1 aromatic carbocycles. The lowest BCUT2D eigenvalue weighted by atomic mass is 10.1. The minimum Gasteiger partial charge on any atom is -0.493 e. The maximum Gasteiger partial charge on any atom is 0.203 e. The van der Waals surface area contributed by atoms with Crippen LogP contribution >= 0.6 is 0 Å². The van der Waals surface area contributed by atoms with Crippen LogP contribution in [0.4, 0.5) is 0 Å². The Hall–Kier alpha value is -1.46. The summed E-state index contributed by atoms with van der Waals surface area (Å²) in [6, 6.07) is 3.78. The number of aliphatic hydroxyl groups is 1. The number of nitrogens with one attached hydrogen (secondary N) is 1. The summed E-state index contributed by atoms with van der Waals surface area (Å²) < 4.78 is 15.9. The van der Waals surface area contributed by atoms with E-state index in [9.17, 15) is 5.11 Å². The highest BCUT2D eigenvalue weighted by atomic mass is 16.5. The number of ether oxygens (including phenoxy) is 3. The molecule has 0 aromatic heterocycles. The predicted octanol–water partition coefficient (Wildman–Crippen LogP) is 1.74. The molecule has 0 amide bonds. The third kappa shape index (κ3) is 3.75. The molecule has 0 radical (unpaired) electrons. The van der Waals surface area contributed by atoms with Gasteiger partial charge in [0.25, 0.3) is 0 Å². The van der Waals surface area contributed by atoms with Crippen molar-refractivity contribution in [2.45, 2.75) is 25.9 Å². The maximum absolute atomic E-state index is 9.51. The SMILES string of the molecule is COc1cc(C(CO)NC(C)C)cc(OC)c1OC. The van der Waals surface area contributed by atoms with Gasteiger partial charge in [0.15, 0.2) is 11.5 Å². The van der Waals surface area contributed by atoms with Gasteiger partial charge in [0.05, 0.1) is 34.0 Å². The standard InChI is InChI=1S/C14H23NO4/c1-9(2)15-11(8-16)10-6-12(17-3)14(19-5)13(7-10)18-4/h6-7,9,11,15-16H,8H2,1-5H3. The monoisotopic (exact) mass is 269 g/mol. The van der Waals surface area contributed by atoms with Crippen molar-refractivity contribution in [3.05, 3.63) is 17.7 Å². The largest absolute Gasteiger partial charge is 0.493 e. The fourth-order valence-electron chi connectivity index (χ4n) is 1.96. The van der Waals surface area contributed by atoms with Gasteiger partial charge in [0.2, 0.25) is 5.75 Å². The van der Waals surface area contributed by atoms with Gasteiger partial charge in [0.1, 0.15) is 0 Å². The molecular formula is C14H23NO4. The zero-order chi connectivity index (χ0) is 14.4. The third-order valence-electron chi connectivity index (χ3n) is 2.81. The minimum absolute atomic E-state index is 0.00316. The molecule has 2 N–H and O–H groups in total. The second kappa shape index (κ2) is 7.21. The van der Waals surface area contributed by atoms with E-state index in [-0.39, 0.29) is 18.7 Å². The second-order valence-electron chi connectivity index (χ2n) is 4.52. The summed E-state index contributed by atoms with van der Waals surface area (Å²) >= 11 is 0. The van der Waals surface area contributed by atoms with Gasteiger partial charge in [-0.1, -0.05) is 13.8 Å². The Morgan fingerprint density at radius 2 is 1.58 bits per heavy atom. The number of methoxy groups -OCH3 is 3. The molecule has 0 saturated heterocycles. The van der Waals surface area contributed by atoms with E-state index < -0.39 is 0 Å². The molecule has 5 heteroatoms. The summed E-state index contributed by atoms with van der Waals surface area (Å²) in [5.41, 5.74) is 0.894. The Labute approximate surface area is 114 Å². The van der Waals surface area contributed by atoms with Crippen LogP contribution in [0, 0.1) is 0 Å². The highest BCUT2D eigenvalue weighted by Gasteiger charge is 2.18. The Balaban J connectivity index is 3.20. The van der Waals surface area contributed by atoms with Gasteiger partial charge >= 0.3 is 0 Å². The number of aliphatic hydroxyl groups excluding tert-OH is 1. The van der Waals surface area contributed by atoms with Crippen LogP contribution in [-0.2, 0) is 0 Å². The van der Waals surface area contributed by atoms with Gasteiger partial charge in [-0.2, -0.15) is 0 Å². The number of hydrogen-bond acceptors (Lipinski definition) is 5. The Kier molecular flexibility index (Phi) is 5.92. The molecule has 0 heterocycles. The van der Waals surface area contributed by atoms with E-state index in [2.05, 4.69) is 5.32 Å². The summed E-state index contributed by atoms with van der Waals surface area (Å²) in [5, 5.41) is 12.8. The van der Waals surface area contributed by atoms with Gasteiger partial charge in [-0.3, -0.25) is 0 Å². The molecule has 1 atom stereocenters. The zero-order valence-electron chi connectivity index (χ0n) is 12.2. The molecule has 0 aliphatic heterocycles. The molecule has 0 aliphatic carbocycles. The lowest BCUT2D eigenvalue weighted by molar-refractivity contribution is 0.236. The van der Waals surface area contributed by atoms with Gasteiger partial charge in [-0.05, 0) is 17.7 Å². The average molecular weight is 269 g/mol. The zero-order valence-corrected chi connectivity index (χ0v) is 12.2. The van der Waals surface area contributed by atoms with Crippen LogP contribution in [0.15, 0.2) is 12.1 Å². The van der Waals surface area contributed by atoms with E-state index in [4.69, 9.17) is 14.2 Å². The molecule has 0 saturated carbocycles. The summed E-state index contributed by atoms with van der Waals surface area (Å²) in [6.07, 6.45) is 0. The van der Waals surface area contributed by atoms with Crippen molar-refractivity contribution in [1.29, 1.82) is 0 Å². The van der Waals surface area contributed by atoms with Crippen molar-refractivity contribution in [2.24, 2.45) is 0 Å². The molecule has 0 bridgehead atoms. The van der Waals surface area contributed by atoms with Crippen LogP contribution < -0.4 is 19.5 Å². The molecule has 1 unspecified atom stereocenters. The topological polar surface area (TPSA) is 60.0 Å². The van der Waals surface area contributed by atoms with Gasteiger partial charge < -0.3 is 24.6 Å². The van der Waals surface area contributed by atoms with Crippen LogP contribution in [0.3, 0.4) is 0 Å². The summed E-state index contributed by atoms with van der Waals surface area (Å²) in [7, 11) is 4.71. The predicted molar refractivity (Wildman–Crippen MR) is 74.2 cm³/mol. The van der Waals surface area contributed by atoms with E-state index in [1.54, 1.807) is 21.3 Å². The quantitative estimate of drug-likeness (QED) is 0.789. The molecule has 5 nitrogen and oxygen atoms in total. The minimum atomic E-state index is -0.172. The average Bonchev–Trinajstić information content (AvgIpc) is 2.42. The normalized spacial score (nSPS) is 12.4. The lowest BCUT2D eigenvalue weighted by Crippen LogP contribution is -2.30. The molecular weight excluding hydrogens is 246 g/mol. The first-order valence-electron chi connectivity index (χ1n) is 6.24. The van der Waals surface area contributed by atoms with Gasteiger partial charge in [0, 0.05) is 6.04 Å². The number of benzene rings is 1. The molecule has 108 valence electrons. The molecule has 0 spiro atoms. The molecule has 0 aliphatic rings. The van der Waals surface area contributed by atoms with E-state index in [0.29, 0.717) is 17.2 Å². The Bertz CT molecular complexity index is 381. The molecule has 0 fully saturated rings. The first-order valence-corrected chi connectivity index (χ1v) is 6.24. The lowest BCUT2D eigenvalue weighted by Gasteiger charge is -2.22. The highest BCUT2D eigenvalue weighted by Crippen LogP contribution is 2.39. The number of rotatable bonds is 7. The second-order valence-corrected chi connectivity index (χ2v) is 4.52. The Morgan fingerprint density at radius 1 is 1.05 bits per heavy atom. The van der Waals surface area contributed by atoms with E-state index in [1.807, 2.05) is 26.0 Å². The number of hydrogen-bond donors (Lipinski definition) is 2. The van der Waals surface area contributed by atoms with E-state index >= 15 is 0 Å². The van der Waals surface area contributed by atoms with Crippen LogP contribution in [0.2, 0.25) is 0 Å². The van der Waals surface area contributed by atoms with Crippen molar-refractivity contribution in [3.8, 4) is 17.2 Å². The van der Waals surface area contributed by atoms with E-state index in [1.165, 1.54) is 0 Å². The molecule has 19 heavy (non-hydrogen) atoms. The van der Waals surface area contributed by atoms with Crippen molar-refractivity contribution in [3.63, 3.8) is 0 Å². The van der Waals surface area contributed by atoms with Crippen LogP contribution in [0.5, 0.6) is 17.2 Å².